The number of carbonyl (C=O) groups excluding carboxylic acids is 4. The number of nitrogens with one attached hydrogen (secondary N) is 1. The maximum absolute atomic E-state index is 12.5. The van der Waals surface area contributed by atoms with Crippen molar-refractivity contribution in [1.82, 2.24) is 10.2 Å². The Hall–Kier alpha value is -1.45. The van der Waals surface area contributed by atoms with Crippen LogP contribution in [0.4, 0.5) is 0 Å². The topological polar surface area (TPSA) is 102 Å². The zero-order valence-electron chi connectivity index (χ0n) is 17.7. The molecule has 0 spiro atoms. The molecule has 0 aromatic heterocycles. The van der Waals surface area contributed by atoms with E-state index in [0.717, 1.165) is 12.2 Å². The summed E-state index contributed by atoms with van der Waals surface area (Å²) in [7, 11) is 0. The molecule has 8 nitrogen and oxygen atoms in total. The van der Waals surface area contributed by atoms with Gasteiger partial charge in [-0.1, -0.05) is 20.8 Å². The Morgan fingerprint density at radius 2 is 1.93 bits per heavy atom. The van der Waals surface area contributed by atoms with Gasteiger partial charge in [0.05, 0.1) is 25.7 Å². The molecule has 2 atom stereocenters. The molecule has 1 rings (SSSR count). The molecular weight excluding hydrogens is 396 g/mol. The number of hydrogen-bond acceptors (Lipinski definition) is 7. The van der Waals surface area contributed by atoms with E-state index in [1.54, 1.807) is 18.7 Å². The van der Waals surface area contributed by atoms with Gasteiger partial charge in [-0.2, -0.15) is 11.8 Å². The molecule has 1 fully saturated rings. The maximum atomic E-state index is 12.5. The van der Waals surface area contributed by atoms with Crippen LogP contribution in [-0.4, -0.2) is 78.9 Å². The number of Topliss-reactive ketones (excluding diaryl/α,β-unsaturated/α-hetero) is 1. The predicted molar refractivity (Wildman–Crippen MR) is 112 cm³/mol. The van der Waals surface area contributed by atoms with E-state index in [0.29, 0.717) is 32.8 Å². The minimum Gasteiger partial charge on any atom is -0.377 e. The normalized spacial score (nSPS) is 17.6. The molecule has 29 heavy (non-hydrogen) atoms. The molecule has 1 aliphatic rings. The number of ketones is 1. The monoisotopic (exact) mass is 430 g/mol. The molecular formula is C20H34N2O6S. The van der Waals surface area contributed by atoms with Crippen molar-refractivity contribution < 1.29 is 28.7 Å². The van der Waals surface area contributed by atoms with Crippen molar-refractivity contribution in [2.45, 2.75) is 51.7 Å². The van der Waals surface area contributed by atoms with Gasteiger partial charge in [-0.25, -0.2) is 0 Å². The SMILES string of the molecule is CCCSC(C)C1CC(=O)N(CCC(=O)NCCOCCOCC(=O)CC)C1=O. The Labute approximate surface area is 177 Å². The van der Waals surface area contributed by atoms with Gasteiger partial charge in [-0.15, -0.1) is 0 Å². The molecule has 1 N–H and O–H groups in total. The van der Waals surface area contributed by atoms with Crippen molar-refractivity contribution in [2.75, 3.05) is 45.3 Å². The minimum atomic E-state index is -0.287. The summed E-state index contributed by atoms with van der Waals surface area (Å²) in [5, 5.41) is 2.81. The van der Waals surface area contributed by atoms with Crippen LogP contribution < -0.4 is 5.32 Å². The third kappa shape index (κ3) is 9.73. The van der Waals surface area contributed by atoms with Gasteiger partial charge < -0.3 is 14.8 Å². The third-order valence-corrected chi connectivity index (χ3v) is 6.09. The molecule has 0 saturated carbocycles. The number of hydrogen-bond donors (Lipinski definition) is 1. The van der Waals surface area contributed by atoms with E-state index < -0.39 is 0 Å². The molecule has 9 heteroatoms. The van der Waals surface area contributed by atoms with E-state index in [1.165, 1.54) is 4.90 Å². The first kappa shape index (κ1) is 25.6. The van der Waals surface area contributed by atoms with Crippen LogP contribution in [0.15, 0.2) is 0 Å². The van der Waals surface area contributed by atoms with Crippen LogP contribution >= 0.6 is 11.8 Å². The molecule has 0 aromatic rings. The van der Waals surface area contributed by atoms with Crippen molar-refractivity contribution in [3.8, 4) is 0 Å². The van der Waals surface area contributed by atoms with Gasteiger partial charge in [0, 0.05) is 37.6 Å². The number of rotatable bonds is 16. The average Bonchev–Trinajstić information content (AvgIpc) is 2.99. The number of ether oxygens (including phenoxy) is 2. The third-order valence-electron chi connectivity index (χ3n) is 4.59. The van der Waals surface area contributed by atoms with Gasteiger partial charge in [-0.3, -0.25) is 24.1 Å². The lowest BCUT2D eigenvalue weighted by Gasteiger charge is -2.18. The van der Waals surface area contributed by atoms with Crippen molar-refractivity contribution in [1.29, 1.82) is 0 Å². The summed E-state index contributed by atoms with van der Waals surface area (Å²) >= 11 is 1.71. The lowest BCUT2D eigenvalue weighted by molar-refractivity contribution is -0.139. The summed E-state index contributed by atoms with van der Waals surface area (Å²) in [6.07, 6.45) is 1.81. The molecule has 0 aromatic carbocycles. The summed E-state index contributed by atoms with van der Waals surface area (Å²) in [5.41, 5.74) is 0. The van der Waals surface area contributed by atoms with Crippen LogP contribution in [-0.2, 0) is 28.7 Å². The number of carbonyl (C=O) groups is 4. The summed E-state index contributed by atoms with van der Waals surface area (Å²) < 4.78 is 10.5. The highest BCUT2D eigenvalue weighted by molar-refractivity contribution is 7.99. The van der Waals surface area contributed by atoms with Crippen molar-refractivity contribution in [2.24, 2.45) is 5.92 Å². The summed E-state index contributed by atoms with van der Waals surface area (Å²) in [4.78, 5) is 48.8. The number of amides is 3. The van der Waals surface area contributed by atoms with E-state index >= 15 is 0 Å². The van der Waals surface area contributed by atoms with Crippen LogP contribution in [0.2, 0.25) is 0 Å². The van der Waals surface area contributed by atoms with Gasteiger partial charge in [0.1, 0.15) is 6.61 Å². The zero-order chi connectivity index (χ0) is 21.6. The predicted octanol–water partition coefficient (Wildman–Crippen LogP) is 1.41. The Morgan fingerprint density at radius 3 is 2.62 bits per heavy atom. The largest absolute Gasteiger partial charge is 0.377 e. The first-order chi connectivity index (χ1) is 13.9. The number of thioether (sulfide) groups is 1. The van der Waals surface area contributed by atoms with E-state index in [2.05, 4.69) is 12.2 Å². The first-order valence-electron chi connectivity index (χ1n) is 10.3. The van der Waals surface area contributed by atoms with Crippen molar-refractivity contribution in [3.63, 3.8) is 0 Å². The molecule has 2 unspecified atom stereocenters. The molecule has 0 aliphatic carbocycles. The summed E-state index contributed by atoms with van der Waals surface area (Å²) in [6.45, 7) is 7.40. The highest BCUT2D eigenvalue weighted by atomic mass is 32.2. The fourth-order valence-corrected chi connectivity index (χ4v) is 3.86. The second-order valence-electron chi connectivity index (χ2n) is 6.93. The van der Waals surface area contributed by atoms with E-state index in [4.69, 9.17) is 9.47 Å². The average molecular weight is 431 g/mol. The zero-order valence-corrected chi connectivity index (χ0v) is 18.6. The highest BCUT2D eigenvalue weighted by Crippen LogP contribution is 2.30. The standard InChI is InChI=1S/C20H34N2O6S/c1-4-12-29-15(3)17-13-19(25)22(20(17)26)8-6-18(24)21-7-9-27-10-11-28-14-16(23)5-2/h15,17H,4-14H2,1-3H3,(H,21,24). The van der Waals surface area contributed by atoms with Crippen LogP contribution in [0.5, 0.6) is 0 Å². The Morgan fingerprint density at radius 1 is 1.21 bits per heavy atom. The number of imide groups is 1. The quantitative estimate of drug-likeness (QED) is 0.292. The molecule has 1 heterocycles. The van der Waals surface area contributed by atoms with Gasteiger partial charge in [0.25, 0.3) is 0 Å². The Kier molecular flexibility index (Phi) is 12.8. The van der Waals surface area contributed by atoms with Crippen LogP contribution in [0, 0.1) is 5.92 Å². The fraction of sp³-hybridized carbons (Fsp3) is 0.800. The molecule has 1 aliphatic heterocycles. The van der Waals surface area contributed by atoms with Crippen LogP contribution in [0.1, 0.15) is 46.5 Å². The maximum Gasteiger partial charge on any atom is 0.233 e. The van der Waals surface area contributed by atoms with Gasteiger partial charge in [0.2, 0.25) is 17.7 Å². The number of likely N-dealkylation sites (tertiary alicyclic amines) is 1. The van der Waals surface area contributed by atoms with Gasteiger partial charge in [0.15, 0.2) is 5.78 Å². The minimum absolute atomic E-state index is 0.0488. The molecule has 0 radical (unpaired) electrons. The van der Waals surface area contributed by atoms with Crippen LogP contribution in [0.25, 0.3) is 0 Å². The molecule has 3 amide bonds. The van der Waals surface area contributed by atoms with E-state index in [9.17, 15) is 19.2 Å². The van der Waals surface area contributed by atoms with Crippen molar-refractivity contribution >= 4 is 35.3 Å². The summed E-state index contributed by atoms with van der Waals surface area (Å²) in [6, 6.07) is 0. The first-order valence-corrected chi connectivity index (χ1v) is 11.3. The van der Waals surface area contributed by atoms with Gasteiger partial charge in [-0.05, 0) is 12.2 Å². The molecule has 1 saturated heterocycles. The molecule has 0 bridgehead atoms. The van der Waals surface area contributed by atoms with E-state index in [-0.39, 0.29) is 60.7 Å². The van der Waals surface area contributed by atoms with Crippen LogP contribution in [0.3, 0.4) is 0 Å². The fourth-order valence-electron chi connectivity index (χ4n) is 2.80. The number of nitrogens with zero attached hydrogens (tertiary/aromatic N) is 1. The second kappa shape index (κ2) is 14.5. The summed E-state index contributed by atoms with van der Waals surface area (Å²) in [5.74, 6) is 0.145. The Bertz CT molecular complexity index is 557. The smallest absolute Gasteiger partial charge is 0.233 e. The lowest BCUT2D eigenvalue weighted by atomic mass is 10.1. The second-order valence-corrected chi connectivity index (χ2v) is 8.41. The lowest BCUT2D eigenvalue weighted by Crippen LogP contribution is -2.36. The highest BCUT2D eigenvalue weighted by Gasteiger charge is 2.41. The van der Waals surface area contributed by atoms with Crippen molar-refractivity contribution in [3.05, 3.63) is 0 Å². The van der Waals surface area contributed by atoms with Gasteiger partial charge >= 0.3 is 0 Å². The Balaban J connectivity index is 2.15. The van der Waals surface area contributed by atoms with E-state index in [1.807, 2.05) is 6.92 Å². The molecule has 166 valence electrons.